The standard InChI is InChI=1S/C22H41N3O4.C20H30O3.C15H20O3/c1-3-5-7-8-9-10-11-12-14-18-28-21-23-20(27-17-13-6-4-2)24-22(25-21)29-19-15-16-26;1-4-5-6-7-8-9-10-11-16-22-18-12-14-19(15-13-18)23-20(21)17(2)3;1-4-5-6-11-17-13-7-9-14(10-8-13)18-15(16)12(2)3/h26H,3-19H2,1-2H3;12-15H,2,4-11,16H2,1,3H3;7-10H,2,4-6,11H2,1,3H3. The molecular formula is C57H91N3O10. The minimum Gasteiger partial charge on any atom is -0.494 e. The molecule has 0 spiro atoms. The zero-order valence-corrected chi connectivity index (χ0v) is 44.2. The summed E-state index contributed by atoms with van der Waals surface area (Å²) in [4.78, 5) is 35.3. The summed E-state index contributed by atoms with van der Waals surface area (Å²) in [6, 6.07) is 14.8. The summed E-state index contributed by atoms with van der Waals surface area (Å²) < 4.78 is 38.3. The summed E-state index contributed by atoms with van der Waals surface area (Å²) in [7, 11) is 0. The predicted molar refractivity (Wildman–Crippen MR) is 282 cm³/mol. The van der Waals surface area contributed by atoms with Crippen molar-refractivity contribution in [1.82, 2.24) is 15.0 Å². The quantitative estimate of drug-likeness (QED) is 0.0249. The van der Waals surface area contributed by atoms with Crippen LogP contribution in [0.2, 0.25) is 0 Å². The number of nitrogens with zero attached hydrogens (tertiary/aromatic N) is 3. The topological polar surface area (TPSA) is 158 Å². The molecule has 3 rings (SSSR count). The molecule has 0 saturated heterocycles. The highest BCUT2D eigenvalue weighted by Crippen LogP contribution is 2.21. The Bertz CT molecular complexity index is 1770. The van der Waals surface area contributed by atoms with Gasteiger partial charge in [0.2, 0.25) is 0 Å². The molecule has 394 valence electrons. The second-order valence-electron chi connectivity index (χ2n) is 17.5. The molecule has 13 nitrogen and oxygen atoms in total. The summed E-state index contributed by atoms with van der Waals surface area (Å²) in [5.41, 5.74) is 0.773. The number of hydrogen-bond donors (Lipinski definition) is 1. The van der Waals surface area contributed by atoms with E-state index in [0.717, 1.165) is 69.7 Å². The number of hydrogen-bond acceptors (Lipinski definition) is 13. The first-order chi connectivity index (χ1) is 34.1. The van der Waals surface area contributed by atoms with Crippen molar-refractivity contribution in [2.75, 3.05) is 39.6 Å². The largest absolute Gasteiger partial charge is 0.494 e. The van der Waals surface area contributed by atoms with Crippen LogP contribution < -0.4 is 33.2 Å². The Morgan fingerprint density at radius 2 is 0.629 bits per heavy atom. The van der Waals surface area contributed by atoms with Gasteiger partial charge in [0.1, 0.15) is 23.0 Å². The van der Waals surface area contributed by atoms with Gasteiger partial charge in [-0.2, -0.15) is 0 Å². The first kappa shape index (κ1) is 62.8. The maximum Gasteiger partial charge on any atom is 0.338 e. The van der Waals surface area contributed by atoms with Gasteiger partial charge in [0.15, 0.2) is 0 Å². The van der Waals surface area contributed by atoms with E-state index in [0.29, 0.717) is 48.9 Å². The van der Waals surface area contributed by atoms with E-state index >= 15 is 0 Å². The summed E-state index contributed by atoms with van der Waals surface area (Å²) in [6.45, 7) is 22.1. The van der Waals surface area contributed by atoms with Crippen LogP contribution in [0.5, 0.6) is 41.0 Å². The first-order valence-electron chi connectivity index (χ1n) is 26.5. The van der Waals surface area contributed by atoms with E-state index in [1.54, 1.807) is 50.2 Å². The average molecular weight is 978 g/mol. The Balaban J connectivity index is 0.000000540. The SMILES string of the molecule is C=C(C)C(=O)Oc1ccc(OCCCCC)cc1.C=C(C)C(=O)Oc1ccc(OCCCCCCCCCC)cc1.CCCCCCCCCCCOc1nc(OCCCO)nc(OCCCCC)n1. The second-order valence-corrected chi connectivity index (χ2v) is 17.5. The Hall–Kier alpha value is -5.17. The van der Waals surface area contributed by atoms with Gasteiger partial charge in [0, 0.05) is 24.2 Å². The van der Waals surface area contributed by atoms with Crippen LogP contribution in [0.25, 0.3) is 0 Å². The Morgan fingerprint density at radius 3 is 0.929 bits per heavy atom. The Kier molecular flexibility index (Phi) is 39.3. The summed E-state index contributed by atoms with van der Waals surface area (Å²) >= 11 is 0. The molecule has 0 bridgehead atoms. The number of rotatable bonds is 39. The lowest BCUT2D eigenvalue weighted by Gasteiger charge is -2.10. The third kappa shape index (κ3) is 35.0. The van der Waals surface area contributed by atoms with Crippen LogP contribution in [0, 0.1) is 0 Å². The van der Waals surface area contributed by atoms with E-state index in [1.807, 2.05) is 12.1 Å². The molecule has 0 radical (unpaired) electrons. The number of aliphatic hydroxyl groups is 1. The van der Waals surface area contributed by atoms with Crippen molar-refractivity contribution in [2.45, 2.75) is 196 Å². The van der Waals surface area contributed by atoms with Crippen LogP contribution in [-0.2, 0) is 9.59 Å². The summed E-state index contributed by atoms with van der Waals surface area (Å²) in [6.07, 6.45) is 28.8. The van der Waals surface area contributed by atoms with Crippen LogP contribution in [0.4, 0.5) is 0 Å². The summed E-state index contributed by atoms with van der Waals surface area (Å²) in [5.74, 6) is 1.80. The molecule has 1 aromatic heterocycles. The summed E-state index contributed by atoms with van der Waals surface area (Å²) in [5, 5.41) is 8.90. The molecule has 0 unspecified atom stereocenters. The van der Waals surface area contributed by atoms with Crippen LogP contribution in [0.15, 0.2) is 72.8 Å². The number of unbranched alkanes of at least 4 members (excludes halogenated alkanes) is 19. The van der Waals surface area contributed by atoms with Crippen molar-refractivity contribution < 1.29 is 47.9 Å². The molecule has 70 heavy (non-hydrogen) atoms. The van der Waals surface area contributed by atoms with Crippen LogP contribution in [0.3, 0.4) is 0 Å². The van der Waals surface area contributed by atoms with E-state index in [-0.39, 0.29) is 24.6 Å². The molecule has 0 atom stereocenters. The van der Waals surface area contributed by atoms with Crippen LogP contribution >= 0.6 is 0 Å². The number of carbonyl (C=O) groups excluding carboxylic acids is 2. The first-order valence-corrected chi connectivity index (χ1v) is 26.5. The van der Waals surface area contributed by atoms with Gasteiger partial charge >= 0.3 is 30.0 Å². The zero-order chi connectivity index (χ0) is 51.3. The third-order valence-electron chi connectivity index (χ3n) is 10.6. The van der Waals surface area contributed by atoms with Crippen molar-refractivity contribution in [3.63, 3.8) is 0 Å². The Morgan fingerprint density at radius 1 is 0.386 bits per heavy atom. The van der Waals surface area contributed by atoms with Crippen molar-refractivity contribution in [1.29, 1.82) is 0 Å². The van der Waals surface area contributed by atoms with Gasteiger partial charge in [-0.05, 0) is 88.1 Å². The van der Waals surface area contributed by atoms with Gasteiger partial charge in [-0.3, -0.25) is 0 Å². The highest BCUT2D eigenvalue weighted by atomic mass is 16.5. The highest BCUT2D eigenvalue weighted by molar-refractivity contribution is 5.89. The minimum absolute atomic E-state index is 0.0629. The van der Waals surface area contributed by atoms with E-state index in [1.165, 1.54) is 103 Å². The normalized spacial score (nSPS) is 10.4. The fourth-order valence-electron chi connectivity index (χ4n) is 6.40. The maximum atomic E-state index is 11.4. The average Bonchev–Trinajstić information content (AvgIpc) is 3.35. The van der Waals surface area contributed by atoms with Gasteiger partial charge in [-0.1, -0.05) is 163 Å². The lowest BCUT2D eigenvalue weighted by atomic mass is 10.1. The van der Waals surface area contributed by atoms with E-state index in [2.05, 4.69) is 55.8 Å². The third-order valence-corrected chi connectivity index (χ3v) is 10.6. The number of aromatic nitrogens is 3. The fraction of sp³-hybridized carbons (Fsp3) is 0.632. The predicted octanol–water partition coefficient (Wildman–Crippen LogP) is 14.5. The number of benzene rings is 2. The molecule has 0 aliphatic rings. The monoisotopic (exact) mass is 978 g/mol. The fourth-order valence-corrected chi connectivity index (χ4v) is 6.40. The van der Waals surface area contributed by atoms with Crippen molar-refractivity contribution in [3.05, 3.63) is 72.8 Å². The zero-order valence-electron chi connectivity index (χ0n) is 44.2. The molecule has 0 saturated carbocycles. The van der Waals surface area contributed by atoms with Crippen molar-refractivity contribution in [2.24, 2.45) is 0 Å². The second kappa shape index (κ2) is 43.8. The lowest BCUT2D eigenvalue weighted by Crippen LogP contribution is -2.09. The lowest BCUT2D eigenvalue weighted by molar-refractivity contribution is -0.130. The molecule has 0 amide bonds. The molecule has 1 N–H and O–H groups in total. The van der Waals surface area contributed by atoms with Gasteiger partial charge in [0.25, 0.3) is 0 Å². The van der Waals surface area contributed by atoms with E-state index in [9.17, 15) is 9.59 Å². The molecule has 2 aromatic carbocycles. The van der Waals surface area contributed by atoms with Crippen LogP contribution in [-0.4, -0.2) is 71.6 Å². The molecule has 0 aliphatic heterocycles. The number of carbonyl (C=O) groups is 2. The highest BCUT2D eigenvalue weighted by Gasteiger charge is 2.11. The maximum absolute atomic E-state index is 11.4. The molecular weight excluding hydrogens is 887 g/mol. The molecule has 3 aromatic rings. The Labute approximate surface area is 422 Å². The smallest absolute Gasteiger partial charge is 0.338 e. The van der Waals surface area contributed by atoms with E-state index in [4.69, 9.17) is 38.3 Å². The number of aliphatic hydroxyl groups excluding tert-OH is 1. The van der Waals surface area contributed by atoms with Gasteiger partial charge in [-0.15, -0.1) is 15.0 Å². The number of ether oxygens (including phenoxy) is 7. The van der Waals surface area contributed by atoms with E-state index < -0.39 is 11.9 Å². The molecule has 13 heteroatoms. The van der Waals surface area contributed by atoms with Gasteiger partial charge in [-0.25, -0.2) is 9.59 Å². The molecule has 0 fully saturated rings. The molecule has 0 aliphatic carbocycles. The molecule has 1 heterocycles. The van der Waals surface area contributed by atoms with Gasteiger partial charge < -0.3 is 38.3 Å². The van der Waals surface area contributed by atoms with Crippen molar-refractivity contribution >= 4 is 11.9 Å². The van der Waals surface area contributed by atoms with Gasteiger partial charge in [0.05, 0.1) is 33.0 Å². The number of esters is 2. The van der Waals surface area contributed by atoms with Crippen LogP contribution in [0.1, 0.15) is 196 Å². The minimum atomic E-state index is -0.411. The van der Waals surface area contributed by atoms with Crippen molar-refractivity contribution in [3.8, 4) is 41.0 Å².